The monoisotopic (exact) mass is 428 g/mol. The number of anilines is 1. The number of carbonyl (C=O) groups excluding carboxylic acids is 3. The van der Waals surface area contributed by atoms with Crippen LogP contribution in [0.25, 0.3) is 0 Å². The van der Waals surface area contributed by atoms with Crippen LogP contribution in [0.5, 0.6) is 0 Å². The molecule has 2 aromatic rings. The fourth-order valence-corrected chi connectivity index (χ4v) is 4.16. The van der Waals surface area contributed by atoms with E-state index in [9.17, 15) is 14.4 Å². The molecular weight excluding hydrogens is 400 g/mol. The molecule has 1 N–H and O–H groups in total. The highest BCUT2D eigenvalue weighted by molar-refractivity contribution is 7.18. The highest BCUT2D eigenvalue weighted by Crippen LogP contribution is 2.29. The maximum atomic E-state index is 13.0. The maximum absolute atomic E-state index is 13.0. The normalized spacial score (nSPS) is 14.5. The molecule has 0 spiro atoms. The third kappa shape index (κ3) is 5.24. The SMILES string of the molecule is Cc1cc(NC(=O)C(C)(C)C)sc1C(=O)N1CCN(C(=O)Cc2ccccn2)CC1. The van der Waals surface area contributed by atoms with Crippen LogP contribution in [-0.4, -0.2) is 58.7 Å². The Balaban J connectivity index is 1.57. The quantitative estimate of drug-likeness (QED) is 0.812. The molecule has 0 unspecified atom stereocenters. The highest BCUT2D eigenvalue weighted by Gasteiger charge is 2.28. The van der Waals surface area contributed by atoms with Gasteiger partial charge in [-0.15, -0.1) is 11.3 Å². The van der Waals surface area contributed by atoms with Crippen molar-refractivity contribution in [3.05, 3.63) is 46.6 Å². The van der Waals surface area contributed by atoms with Gasteiger partial charge in [0.25, 0.3) is 5.91 Å². The van der Waals surface area contributed by atoms with Crippen molar-refractivity contribution in [3.8, 4) is 0 Å². The molecule has 1 aliphatic heterocycles. The van der Waals surface area contributed by atoms with Crippen molar-refractivity contribution in [2.45, 2.75) is 34.1 Å². The van der Waals surface area contributed by atoms with Gasteiger partial charge in [-0.05, 0) is 30.7 Å². The van der Waals surface area contributed by atoms with E-state index in [2.05, 4.69) is 10.3 Å². The zero-order valence-electron chi connectivity index (χ0n) is 17.9. The zero-order chi connectivity index (χ0) is 21.9. The first-order chi connectivity index (χ1) is 14.1. The van der Waals surface area contributed by atoms with E-state index in [1.807, 2.05) is 52.0 Å². The van der Waals surface area contributed by atoms with Crippen molar-refractivity contribution in [2.24, 2.45) is 5.41 Å². The van der Waals surface area contributed by atoms with Gasteiger partial charge in [-0.2, -0.15) is 0 Å². The molecule has 3 heterocycles. The van der Waals surface area contributed by atoms with Gasteiger partial charge in [0.05, 0.1) is 16.3 Å². The third-order valence-electron chi connectivity index (χ3n) is 5.01. The number of thiophene rings is 1. The van der Waals surface area contributed by atoms with Crippen molar-refractivity contribution in [2.75, 3.05) is 31.5 Å². The minimum atomic E-state index is -0.500. The molecule has 0 aliphatic carbocycles. The zero-order valence-corrected chi connectivity index (χ0v) is 18.7. The lowest BCUT2D eigenvalue weighted by molar-refractivity contribution is -0.132. The van der Waals surface area contributed by atoms with Crippen LogP contribution in [0.2, 0.25) is 0 Å². The molecule has 7 nitrogen and oxygen atoms in total. The molecule has 0 radical (unpaired) electrons. The second-order valence-electron chi connectivity index (χ2n) is 8.50. The standard InChI is InChI=1S/C22H28N4O3S/c1-15-13-17(24-21(29)22(2,3)4)30-19(15)20(28)26-11-9-25(10-12-26)18(27)14-16-7-5-6-8-23-16/h5-8,13H,9-12,14H2,1-4H3,(H,24,29). The summed E-state index contributed by atoms with van der Waals surface area (Å²) in [6, 6.07) is 7.38. The van der Waals surface area contributed by atoms with Crippen LogP contribution in [0.15, 0.2) is 30.5 Å². The molecule has 0 saturated carbocycles. The summed E-state index contributed by atoms with van der Waals surface area (Å²) in [7, 11) is 0. The van der Waals surface area contributed by atoms with E-state index >= 15 is 0 Å². The lowest BCUT2D eigenvalue weighted by atomic mass is 9.96. The Morgan fingerprint density at radius 2 is 1.77 bits per heavy atom. The first-order valence-corrected chi connectivity index (χ1v) is 10.9. The minimum absolute atomic E-state index is 0.0280. The van der Waals surface area contributed by atoms with Gasteiger partial charge in [0.1, 0.15) is 0 Å². The number of rotatable bonds is 4. The summed E-state index contributed by atoms with van der Waals surface area (Å²) >= 11 is 1.30. The molecule has 0 aromatic carbocycles. The topological polar surface area (TPSA) is 82.6 Å². The van der Waals surface area contributed by atoms with Crippen LogP contribution < -0.4 is 5.32 Å². The molecular formula is C22H28N4O3S. The van der Waals surface area contributed by atoms with E-state index in [0.29, 0.717) is 36.1 Å². The Kier molecular flexibility index (Phi) is 6.55. The summed E-state index contributed by atoms with van der Waals surface area (Å²) < 4.78 is 0. The number of carbonyl (C=O) groups is 3. The summed E-state index contributed by atoms with van der Waals surface area (Å²) in [5.74, 6) is -0.103. The average molecular weight is 429 g/mol. The number of aromatic nitrogens is 1. The largest absolute Gasteiger partial charge is 0.339 e. The van der Waals surface area contributed by atoms with Gasteiger partial charge in [-0.25, -0.2) is 0 Å². The smallest absolute Gasteiger partial charge is 0.264 e. The molecule has 8 heteroatoms. The number of hydrogen-bond acceptors (Lipinski definition) is 5. The summed E-state index contributed by atoms with van der Waals surface area (Å²) in [5, 5.41) is 3.58. The molecule has 2 aromatic heterocycles. The maximum Gasteiger partial charge on any atom is 0.264 e. The van der Waals surface area contributed by atoms with Gasteiger partial charge in [0.2, 0.25) is 11.8 Å². The minimum Gasteiger partial charge on any atom is -0.339 e. The van der Waals surface area contributed by atoms with Crippen LogP contribution in [-0.2, 0) is 16.0 Å². The van der Waals surface area contributed by atoms with E-state index in [-0.39, 0.29) is 24.1 Å². The predicted octanol–water partition coefficient (Wildman–Crippen LogP) is 2.96. The Morgan fingerprint density at radius 3 is 2.37 bits per heavy atom. The number of piperazine rings is 1. The Morgan fingerprint density at radius 1 is 1.10 bits per heavy atom. The molecule has 0 atom stereocenters. The summed E-state index contributed by atoms with van der Waals surface area (Å²) in [4.78, 5) is 46.1. The van der Waals surface area contributed by atoms with Gasteiger partial charge in [0, 0.05) is 43.5 Å². The van der Waals surface area contributed by atoms with Crippen molar-refractivity contribution in [3.63, 3.8) is 0 Å². The molecule has 3 amide bonds. The van der Waals surface area contributed by atoms with Gasteiger partial charge in [-0.3, -0.25) is 19.4 Å². The predicted molar refractivity (Wildman–Crippen MR) is 118 cm³/mol. The lowest BCUT2D eigenvalue weighted by Gasteiger charge is -2.34. The lowest BCUT2D eigenvalue weighted by Crippen LogP contribution is -2.51. The first kappa shape index (κ1) is 22.0. The molecule has 160 valence electrons. The van der Waals surface area contributed by atoms with E-state index < -0.39 is 5.41 Å². The van der Waals surface area contributed by atoms with Crippen LogP contribution in [0.3, 0.4) is 0 Å². The molecule has 0 bridgehead atoms. The number of amides is 3. The average Bonchev–Trinajstić information content (AvgIpc) is 3.07. The Bertz CT molecular complexity index is 926. The first-order valence-electron chi connectivity index (χ1n) is 10.0. The summed E-state index contributed by atoms with van der Waals surface area (Å²) in [6.07, 6.45) is 1.95. The third-order valence-corrected chi connectivity index (χ3v) is 6.15. The van der Waals surface area contributed by atoms with E-state index in [0.717, 1.165) is 11.3 Å². The second-order valence-corrected chi connectivity index (χ2v) is 9.55. The van der Waals surface area contributed by atoms with Crippen molar-refractivity contribution < 1.29 is 14.4 Å². The summed E-state index contributed by atoms with van der Waals surface area (Å²) in [5.41, 5.74) is 1.10. The van der Waals surface area contributed by atoms with Gasteiger partial charge in [0.15, 0.2) is 0 Å². The van der Waals surface area contributed by atoms with Crippen molar-refractivity contribution >= 4 is 34.1 Å². The Labute approximate surface area is 181 Å². The van der Waals surface area contributed by atoms with Crippen LogP contribution in [0, 0.1) is 12.3 Å². The van der Waals surface area contributed by atoms with E-state index in [4.69, 9.17) is 0 Å². The second kappa shape index (κ2) is 8.95. The molecule has 1 saturated heterocycles. The van der Waals surface area contributed by atoms with Gasteiger partial charge in [-0.1, -0.05) is 26.8 Å². The summed E-state index contributed by atoms with van der Waals surface area (Å²) in [6.45, 7) is 9.44. The Hall–Kier alpha value is -2.74. The molecule has 1 aliphatic rings. The van der Waals surface area contributed by atoms with Crippen molar-refractivity contribution in [1.82, 2.24) is 14.8 Å². The molecule has 3 rings (SSSR count). The van der Waals surface area contributed by atoms with Crippen LogP contribution in [0.4, 0.5) is 5.00 Å². The van der Waals surface area contributed by atoms with Gasteiger partial charge >= 0.3 is 0 Å². The van der Waals surface area contributed by atoms with Gasteiger partial charge < -0.3 is 15.1 Å². The van der Waals surface area contributed by atoms with Crippen molar-refractivity contribution in [1.29, 1.82) is 0 Å². The molecule has 30 heavy (non-hydrogen) atoms. The number of pyridine rings is 1. The number of nitrogens with zero attached hydrogens (tertiary/aromatic N) is 3. The number of hydrogen-bond donors (Lipinski definition) is 1. The molecule has 1 fully saturated rings. The fourth-order valence-electron chi connectivity index (χ4n) is 3.13. The fraction of sp³-hybridized carbons (Fsp3) is 0.455. The number of nitrogens with one attached hydrogen (secondary N) is 1. The van der Waals surface area contributed by atoms with E-state index in [1.54, 1.807) is 16.0 Å². The number of aryl methyl sites for hydroxylation is 1. The van der Waals surface area contributed by atoms with Crippen LogP contribution >= 0.6 is 11.3 Å². The van der Waals surface area contributed by atoms with Crippen LogP contribution in [0.1, 0.15) is 41.7 Å². The highest BCUT2D eigenvalue weighted by atomic mass is 32.1. The van der Waals surface area contributed by atoms with E-state index in [1.165, 1.54) is 11.3 Å².